The van der Waals surface area contributed by atoms with Gasteiger partial charge in [0.05, 0.1) is 5.69 Å². The third-order valence-electron chi connectivity index (χ3n) is 3.17. The quantitative estimate of drug-likeness (QED) is 0.828. The summed E-state index contributed by atoms with van der Waals surface area (Å²) in [7, 11) is -0.466. The molecule has 6 heteroatoms. The van der Waals surface area contributed by atoms with E-state index in [0.29, 0.717) is 5.69 Å². The molecular formula is C13H22N2O3S. The molecule has 2 atom stereocenters. The van der Waals surface area contributed by atoms with E-state index in [9.17, 15) is 8.42 Å². The number of nitrogens with one attached hydrogen (secondary N) is 1. The molecular weight excluding hydrogens is 264 g/mol. The Labute approximate surface area is 115 Å². The molecule has 0 aromatic heterocycles. The van der Waals surface area contributed by atoms with Crippen LogP contribution in [0.5, 0.6) is 0 Å². The topological polar surface area (TPSA) is 69.6 Å². The fourth-order valence-electron chi connectivity index (χ4n) is 1.55. The summed E-state index contributed by atoms with van der Waals surface area (Å²) in [5.74, 6) is 0.0371. The number of aliphatic hydroxyl groups excluding tert-OH is 1. The zero-order chi connectivity index (χ0) is 14.6. The molecule has 108 valence electrons. The van der Waals surface area contributed by atoms with Crippen LogP contribution in [0, 0.1) is 5.92 Å². The number of hydrogen-bond donors (Lipinski definition) is 2. The molecule has 0 saturated heterocycles. The zero-order valence-corrected chi connectivity index (χ0v) is 12.6. The van der Waals surface area contributed by atoms with Crippen molar-refractivity contribution in [2.24, 2.45) is 5.92 Å². The Hall–Kier alpha value is -1.11. The number of aliphatic hydroxyl groups is 1. The van der Waals surface area contributed by atoms with Crippen LogP contribution in [-0.2, 0) is 10.0 Å². The molecule has 1 rings (SSSR count). The molecule has 0 fully saturated rings. The van der Waals surface area contributed by atoms with Gasteiger partial charge >= 0.3 is 0 Å². The van der Waals surface area contributed by atoms with E-state index in [1.807, 2.05) is 13.8 Å². The summed E-state index contributed by atoms with van der Waals surface area (Å²) in [5, 5.41) is 12.3. The molecule has 0 aliphatic heterocycles. The first-order valence-electron chi connectivity index (χ1n) is 6.19. The van der Waals surface area contributed by atoms with E-state index in [-0.39, 0.29) is 23.5 Å². The second-order valence-corrected chi connectivity index (χ2v) is 7.00. The minimum absolute atomic E-state index is 0.0245. The fraction of sp³-hybridized carbons (Fsp3) is 0.538. The highest BCUT2D eigenvalue weighted by atomic mass is 32.2. The second-order valence-electron chi connectivity index (χ2n) is 4.88. The Bertz CT molecular complexity index is 514. The van der Waals surface area contributed by atoms with Crippen LogP contribution in [0.1, 0.15) is 13.8 Å². The highest BCUT2D eigenvalue weighted by Gasteiger charge is 2.22. The van der Waals surface area contributed by atoms with Gasteiger partial charge < -0.3 is 10.4 Å². The molecule has 2 N–H and O–H groups in total. The van der Waals surface area contributed by atoms with E-state index >= 15 is 0 Å². The van der Waals surface area contributed by atoms with Crippen LogP contribution < -0.4 is 5.32 Å². The first-order chi connectivity index (χ1) is 8.80. The van der Waals surface area contributed by atoms with Gasteiger partial charge in [-0.05, 0) is 25.0 Å². The predicted molar refractivity (Wildman–Crippen MR) is 76.6 cm³/mol. The summed E-state index contributed by atoms with van der Waals surface area (Å²) < 4.78 is 25.6. The maximum absolute atomic E-state index is 12.2. The van der Waals surface area contributed by atoms with Crippen LogP contribution in [0.2, 0.25) is 0 Å². The largest absolute Gasteiger partial charge is 0.396 e. The van der Waals surface area contributed by atoms with Crippen molar-refractivity contribution in [3.63, 3.8) is 0 Å². The SMILES string of the molecule is CC(CO)C(C)Nc1ccccc1S(=O)(=O)N(C)C. The zero-order valence-electron chi connectivity index (χ0n) is 11.8. The lowest BCUT2D eigenvalue weighted by Crippen LogP contribution is -2.28. The standard InChI is InChI=1S/C13H22N2O3S/c1-10(9-16)11(2)14-12-7-5-6-8-13(12)19(17,18)15(3)4/h5-8,10-11,14,16H,9H2,1-4H3. The molecule has 1 aromatic rings. The smallest absolute Gasteiger partial charge is 0.244 e. The molecule has 0 spiro atoms. The Kier molecular flexibility index (Phi) is 5.34. The van der Waals surface area contributed by atoms with Gasteiger partial charge in [-0.2, -0.15) is 0 Å². The Morgan fingerprint density at radius 1 is 1.26 bits per heavy atom. The predicted octanol–water partition coefficient (Wildman–Crippen LogP) is 1.37. The van der Waals surface area contributed by atoms with Crippen LogP contribution in [0.4, 0.5) is 5.69 Å². The average Bonchev–Trinajstić information content (AvgIpc) is 2.37. The van der Waals surface area contributed by atoms with E-state index in [4.69, 9.17) is 5.11 Å². The number of sulfonamides is 1. The van der Waals surface area contributed by atoms with Crippen LogP contribution in [0.3, 0.4) is 0 Å². The molecule has 19 heavy (non-hydrogen) atoms. The van der Waals surface area contributed by atoms with Crippen LogP contribution >= 0.6 is 0 Å². The van der Waals surface area contributed by atoms with Crippen molar-refractivity contribution in [3.05, 3.63) is 24.3 Å². The molecule has 0 aliphatic carbocycles. The van der Waals surface area contributed by atoms with Crippen molar-refractivity contribution in [1.29, 1.82) is 0 Å². The number of hydrogen-bond acceptors (Lipinski definition) is 4. The molecule has 0 aliphatic rings. The van der Waals surface area contributed by atoms with E-state index in [1.54, 1.807) is 24.3 Å². The van der Waals surface area contributed by atoms with Crippen molar-refractivity contribution in [2.45, 2.75) is 24.8 Å². The van der Waals surface area contributed by atoms with Gasteiger partial charge in [0.2, 0.25) is 10.0 Å². The molecule has 0 radical (unpaired) electrons. The molecule has 0 amide bonds. The molecule has 0 bridgehead atoms. The third kappa shape index (κ3) is 3.68. The Morgan fingerprint density at radius 2 is 1.84 bits per heavy atom. The van der Waals surface area contributed by atoms with Gasteiger partial charge in [0.25, 0.3) is 0 Å². The van der Waals surface area contributed by atoms with Crippen molar-refractivity contribution >= 4 is 15.7 Å². The number of nitrogens with zero attached hydrogens (tertiary/aromatic N) is 1. The minimum Gasteiger partial charge on any atom is -0.396 e. The van der Waals surface area contributed by atoms with Crippen molar-refractivity contribution in [3.8, 4) is 0 Å². The number of benzene rings is 1. The summed E-state index contributed by atoms with van der Waals surface area (Å²) in [5.41, 5.74) is 0.559. The maximum atomic E-state index is 12.2. The molecule has 5 nitrogen and oxygen atoms in total. The van der Waals surface area contributed by atoms with Crippen LogP contribution in [-0.4, -0.2) is 44.6 Å². The van der Waals surface area contributed by atoms with E-state index < -0.39 is 10.0 Å². The summed E-state index contributed by atoms with van der Waals surface area (Å²) in [6, 6.07) is 6.77. The first kappa shape index (κ1) is 15.9. The number of para-hydroxylation sites is 1. The molecule has 2 unspecified atom stereocenters. The summed E-state index contributed by atoms with van der Waals surface area (Å²) in [6.07, 6.45) is 0. The molecule has 0 heterocycles. The van der Waals surface area contributed by atoms with Gasteiger partial charge in [-0.15, -0.1) is 0 Å². The van der Waals surface area contributed by atoms with Gasteiger partial charge in [-0.3, -0.25) is 0 Å². The van der Waals surface area contributed by atoms with E-state index in [0.717, 1.165) is 0 Å². The highest BCUT2D eigenvalue weighted by Crippen LogP contribution is 2.24. The lowest BCUT2D eigenvalue weighted by Gasteiger charge is -2.23. The Morgan fingerprint density at radius 3 is 2.37 bits per heavy atom. The van der Waals surface area contributed by atoms with E-state index in [2.05, 4.69) is 5.32 Å². The van der Waals surface area contributed by atoms with Crippen molar-refractivity contribution < 1.29 is 13.5 Å². The normalized spacial score (nSPS) is 15.3. The summed E-state index contributed by atoms with van der Waals surface area (Å²) in [4.78, 5) is 0.247. The maximum Gasteiger partial charge on any atom is 0.244 e. The lowest BCUT2D eigenvalue weighted by atomic mass is 10.0. The van der Waals surface area contributed by atoms with Gasteiger partial charge in [-0.25, -0.2) is 12.7 Å². The van der Waals surface area contributed by atoms with Gasteiger partial charge in [0.15, 0.2) is 0 Å². The second kappa shape index (κ2) is 6.36. The molecule has 0 saturated carbocycles. The van der Waals surface area contributed by atoms with Gasteiger partial charge in [-0.1, -0.05) is 19.1 Å². The minimum atomic E-state index is -3.48. The fourth-order valence-corrected chi connectivity index (χ4v) is 2.60. The van der Waals surface area contributed by atoms with Crippen LogP contribution in [0.25, 0.3) is 0 Å². The van der Waals surface area contributed by atoms with E-state index in [1.165, 1.54) is 18.4 Å². The van der Waals surface area contributed by atoms with Gasteiger partial charge in [0.1, 0.15) is 4.90 Å². The lowest BCUT2D eigenvalue weighted by molar-refractivity contribution is 0.226. The Balaban J connectivity index is 3.11. The van der Waals surface area contributed by atoms with Crippen LogP contribution in [0.15, 0.2) is 29.2 Å². The number of rotatable bonds is 6. The third-order valence-corrected chi connectivity index (χ3v) is 5.04. The first-order valence-corrected chi connectivity index (χ1v) is 7.63. The van der Waals surface area contributed by atoms with Crippen molar-refractivity contribution in [1.82, 2.24) is 4.31 Å². The monoisotopic (exact) mass is 286 g/mol. The highest BCUT2D eigenvalue weighted by molar-refractivity contribution is 7.89. The number of anilines is 1. The summed E-state index contributed by atoms with van der Waals surface area (Å²) in [6.45, 7) is 3.87. The summed E-state index contributed by atoms with van der Waals surface area (Å²) >= 11 is 0. The van der Waals surface area contributed by atoms with Gasteiger partial charge in [0, 0.05) is 26.7 Å². The molecule has 1 aromatic carbocycles. The average molecular weight is 286 g/mol. The van der Waals surface area contributed by atoms with Crippen molar-refractivity contribution in [2.75, 3.05) is 26.0 Å².